The van der Waals surface area contributed by atoms with Gasteiger partial charge in [-0.2, -0.15) is 8.42 Å². The van der Waals surface area contributed by atoms with Gasteiger partial charge in [-0.15, -0.1) is 0 Å². The van der Waals surface area contributed by atoms with Gasteiger partial charge in [-0.05, 0) is 66.6 Å². The summed E-state index contributed by atoms with van der Waals surface area (Å²) in [6.45, 7) is 3.02. The highest BCUT2D eigenvalue weighted by molar-refractivity contribution is 7.87. The molecular formula is C36H44N6O6S. The minimum atomic E-state index is -4.25. The van der Waals surface area contributed by atoms with E-state index in [1.165, 1.54) is 12.0 Å². The van der Waals surface area contributed by atoms with Crippen molar-refractivity contribution in [2.75, 3.05) is 47.4 Å². The highest BCUT2D eigenvalue weighted by atomic mass is 32.2. The molecule has 1 aromatic heterocycles. The number of nitrogens with two attached hydrogens (primary N) is 1. The summed E-state index contributed by atoms with van der Waals surface area (Å²) in [7, 11) is 0.951. The predicted octanol–water partition coefficient (Wildman–Crippen LogP) is 3.86. The smallest absolute Gasteiger partial charge is 0.319 e. The molecule has 49 heavy (non-hydrogen) atoms. The third-order valence-electron chi connectivity index (χ3n) is 11.9. The van der Waals surface area contributed by atoms with Gasteiger partial charge in [0.2, 0.25) is 5.91 Å². The van der Waals surface area contributed by atoms with E-state index in [-0.39, 0.29) is 35.3 Å². The second-order valence-corrected chi connectivity index (χ2v) is 16.4. The lowest BCUT2D eigenvalue weighted by Crippen LogP contribution is -2.42. The molecule has 4 heterocycles. The lowest BCUT2D eigenvalue weighted by molar-refractivity contribution is -0.137. The first-order chi connectivity index (χ1) is 23.4. The van der Waals surface area contributed by atoms with Crippen molar-refractivity contribution in [3.8, 4) is 17.0 Å². The number of fused-ring (bicyclic) bond motifs is 8. The molecule has 2 aliphatic carbocycles. The molecule has 4 unspecified atom stereocenters. The zero-order chi connectivity index (χ0) is 34.4. The van der Waals surface area contributed by atoms with Crippen LogP contribution >= 0.6 is 0 Å². The molecule has 2 saturated heterocycles. The molecule has 4 amide bonds. The Balaban J connectivity index is 1.24. The molecule has 13 heteroatoms. The number of hydrogen-bond donors (Lipinski definition) is 2. The number of nitrogens with zero attached hydrogens (tertiary/aromatic N) is 4. The summed E-state index contributed by atoms with van der Waals surface area (Å²) in [5.74, 6) is 0.917. The molecule has 4 fully saturated rings. The Kier molecular flexibility index (Phi) is 7.52. The van der Waals surface area contributed by atoms with Crippen LogP contribution in [-0.4, -0.2) is 92.9 Å². The Labute approximate surface area is 286 Å². The van der Waals surface area contributed by atoms with Gasteiger partial charge >= 0.3 is 6.03 Å². The van der Waals surface area contributed by atoms with Crippen molar-refractivity contribution in [3.05, 3.63) is 53.1 Å². The standard InChI is InChI=1S/C36H44N6O6S/c1-39(2)35(45)41-18-23-16-40(17-24(23)19-41)34(44)36-15-29(36)28-14-25(48-3)10-12-26(28)32-31(21-7-5-4-6-8-21)27-11-9-22(13-30(27)42(32)20-36)33(43)38-49(37,46)47/h9-14,21,23-24,29H,4-8,15-20H2,1-3H3,(H,38,43)(H2,37,46,47). The number of urea groups is 1. The predicted molar refractivity (Wildman–Crippen MR) is 184 cm³/mol. The molecule has 4 atom stereocenters. The van der Waals surface area contributed by atoms with Gasteiger partial charge in [0.05, 0.1) is 18.2 Å². The molecule has 3 N–H and O–H groups in total. The Hall–Kier alpha value is -4.10. The molecule has 3 aliphatic heterocycles. The van der Waals surface area contributed by atoms with Gasteiger partial charge in [-0.25, -0.2) is 14.7 Å². The van der Waals surface area contributed by atoms with Crippen molar-refractivity contribution in [2.24, 2.45) is 22.4 Å². The number of nitrogens with one attached hydrogen (secondary N) is 1. The van der Waals surface area contributed by atoms with Crippen LogP contribution in [0.5, 0.6) is 5.75 Å². The first-order valence-electron chi connectivity index (χ1n) is 17.3. The maximum Gasteiger partial charge on any atom is 0.319 e. The van der Waals surface area contributed by atoms with Crippen molar-refractivity contribution in [1.29, 1.82) is 0 Å². The third-order valence-corrected chi connectivity index (χ3v) is 12.3. The van der Waals surface area contributed by atoms with Crippen LogP contribution in [-0.2, 0) is 21.5 Å². The fourth-order valence-electron chi connectivity index (χ4n) is 9.52. The molecule has 0 radical (unpaired) electrons. The minimum Gasteiger partial charge on any atom is -0.497 e. The van der Waals surface area contributed by atoms with E-state index in [2.05, 4.69) is 16.7 Å². The van der Waals surface area contributed by atoms with Gasteiger partial charge in [-0.3, -0.25) is 9.59 Å². The van der Waals surface area contributed by atoms with Crippen LogP contribution in [0.25, 0.3) is 22.2 Å². The summed E-state index contributed by atoms with van der Waals surface area (Å²) < 4.78 is 33.4. The largest absolute Gasteiger partial charge is 0.497 e. The van der Waals surface area contributed by atoms with Crippen molar-refractivity contribution in [1.82, 2.24) is 24.0 Å². The Morgan fingerprint density at radius 3 is 2.31 bits per heavy atom. The zero-order valence-corrected chi connectivity index (χ0v) is 29.1. The Morgan fingerprint density at radius 2 is 1.65 bits per heavy atom. The van der Waals surface area contributed by atoms with Crippen LogP contribution in [0.1, 0.15) is 71.8 Å². The van der Waals surface area contributed by atoms with Crippen LogP contribution in [0.2, 0.25) is 0 Å². The first-order valence-corrected chi connectivity index (χ1v) is 18.9. The molecule has 260 valence electrons. The van der Waals surface area contributed by atoms with Gasteiger partial charge in [0.15, 0.2) is 0 Å². The lowest BCUT2D eigenvalue weighted by atomic mass is 9.81. The maximum atomic E-state index is 14.9. The van der Waals surface area contributed by atoms with Crippen LogP contribution in [0, 0.1) is 17.3 Å². The summed E-state index contributed by atoms with van der Waals surface area (Å²) in [4.78, 5) is 46.1. The average molecular weight is 689 g/mol. The lowest BCUT2D eigenvalue weighted by Gasteiger charge is -2.28. The van der Waals surface area contributed by atoms with Crippen LogP contribution in [0.3, 0.4) is 0 Å². The Bertz CT molecular complexity index is 1990. The van der Waals surface area contributed by atoms with Crippen molar-refractivity contribution in [3.63, 3.8) is 0 Å². The van der Waals surface area contributed by atoms with Crippen LogP contribution < -0.4 is 14.6 Å². The number of carbonyl (C=O) groups excluding carboxylic acids is 3. The second kappa shape index (κ2) is 11.5. The number of amides is 4. The normalized spacial score (nSPS) is 26.0. The number of carbonyl (C=O) groups is 3. The maximum absolute atomic E-state index is 14.9. The van der Waals surface area contributed by atoms with Gasteiger partial charge in [-0.1, -0.05) is 25.3 Å². The number of aromatic nitrogens is 1. The molecule has 2 aromatic carbocycles. The fraction of sp³-hybridized carbons (Fsp3) is 0.528. The van der Waals surface area contributed by atoms with E-state index < -0.39 is 21.5 Å². The molecule has 2 saturated carbocycles. The van der Waals surface area contributed by atoms with E-state index in [0.717, 1.165) is 59.2 Å². The molecule has 3 aromatic rings. The number of likely N-dealkylation sites (tertiary alicyclic amines) is 2. The van der Waals surface area contributed by atoms with Gasteiger partial charge in [0, 0.05) is 86.6 Å². The second-order valence-electron chi connectivity index (χ2n) is 15.1. The molecular weight excluding hydrogens is 644 g/mol. The monoisotopic (exact) mass is 688 g/mol. The summed E-state index contributed by atoms with van der Waals surface area (Å²) in [5, 5.41) is 6.19. The van der Waals surface area contributed by atoms with Crippen molar-refractivity contribution >= 4 is 39.0 Å². The highest BCUT2D eigenvalue weighted by Gasteiger charge is 2.64. The molecule has 8 rings (SSSR count). The number of rotatable bonds is 5. The SMILES string of the molecule is COc1ccc2c(c1)C1CC1(C(=O)N1CC3CN(C(=O)N(C)C)CC3C1)Cn1c-2c(C2CCCCC2)c2ccc(C(=O)NS(N)(=O)=O)cc21. The molecule has 0 bridgehead atoms. The first kappa shape index (κ1) is 32.1. The van der Waals surface area contributed by atoms with Gasteiger partial charge in [0.25, 0.3) is 16.1 Å². The number of methoxy groups -OCH3 is 1. The van der Waals surface area contributed by atoms with Crippen LogP contribution in [0.4, 0.5) is 4.79 Å². The third kappa shape index (κ3) is 5.27. The topological polar surface area (TPSA) is 147 Å². The van der Waals surface area contributed by atoms with Crippen molar-refractivity contribution < 1.29 is 27.5 Å². The molecule has 5 aliphatic rings. The van der Waals surface area contributed by atoms with E-state index in [9.17, 15) is 22.8 Å². The van der Waals surface area contributed by atoms with E-state index in [1.807, 2.05) is 26.7 Å². The van der Waals surface area contributed by atoms with E-state index in [4.69, 9.17) is 9.88 Å². The fourth-order valence-corrected chi connectivity index (χ4v) is 9.90. The van der Waals surface area contributed by atoms with E-state index in [0.29, 0.717) is 45.1 Å². The summed E-state index contributed by atoms with van der Waals surface area (Å²) in [6, 6.07) is 11.6. The minimum absolute atomic E-state index is 0.000350. The number of ether oxygens (including phenoxy) is 1. The number of benzene rings is 2. The summed E-state index contributed by atoms with van der Waals surface area (Å²) in [6.07, 6.45) is 6.30. The van der Waals surface area contributed by atoms with Gasteiger partial charge < -0.3 is 24.0 Å². The molecule has 0 spiro atoms. The number of hydrogen-bond acceptors (Lipinski definition) is 6. The Morgan fingerprint density at radius 1 is 0.959 bits per heavy atom. The average Bonchev–Trinajstić information content (AvgIpc) is 3.31. The van der Waals surface area contributed by atoms with E-state index in [1.54, 1.807) is 38.2 Å². The quantitative estimate of drug-likeness (QED) is 0.416. The summed E-state index contributed by atoms with van der Waals surface area (Å²) in [5.41, 5.74) is 4.84. The van der Waals surface area contributed by atoms with Crippen molar-refractivity contribution in [2.45, 2.75) is 56.9 Å². The van der Waals surface area contributed by atoms with Crippen LogP contribution in [0.15, 0.2) is 36.4 Å². The van der Waals surface area contributed by atoms with Gasteiger partial charge in [0.1, 0.15) is 5.75 Å². The summed E-state index contributed by atoms with van der Waals surface area (Å²) >= 11 is 0. The van der Waals surface area contributed by atoms with E-state index >= 15 is 0 Å². The highest BCUT2D eigenvalue weighted by Crippen LogP contribution is 2.66. The molecule has 12 nitrogen and oxygen atoms in total. The zero-order valence-electron chi connectivity index (χ0n) is 28.3.